The molecule has 0 aliphatic carbocycles. The van der Waals surface area contributed by atoms with E-state index in [1.807, 2.05) is 25.1 Å². The summed E-state index contributed by atoms with van der Waals surface area (Å²) in [5.74, 6) is -0.184. The van der Waals surface area contributed by atoms with Crippen LogP contribution in [0.1, 0.15) is 15.9 Å². The molecule has 0 atom stereocenters. The van der Waals surface area contributed by atoms with Crippen molar-refractivity contribution in [2.75, 3.05) is 5.32 Å². The average molecular weight is 228 g/mol. The predicted octanol–water partition coefficient (Wildman–Crippen LogP) is 2.83. The molecule has 0 aliphatic rings. The number of nitrogens with zero attached hydrogens (tertiary/aromatic N) is 1. The summed E-state index contributed by atoms with van der Waals surface area (Å²) in [7, 11) is 0. The van der Waals surface area contributed by atoms with Crippen molar-refractivity contribution in [3.05, 3.63) is 53.7 Å². The highest BCUT2D eigenvalue weighted by Crippen LogP contribution is 2.20. The Kier molecular flexibility index (Phi) is 3.05. The lowest BCUT2D eigenvalue weighted by atomic mass is 10.1. The van der Waals surface area contributed by atoms with Gasteiger partial charge in [0.25, 0.3) is 0 Å². The summed E-state index contributed by atoms with van der Waals surface area (Å²) in [5, 5.41) is 12.0. The minimum absolute atomic E-state index is 0.286. The first kappa shape index (κ1) is 11.1. The highest BCUT2D eigenvalue weighted by atomic mass is 16.4. The van der Waals surface area contributed by atoms with E-state index in [1.165, 1.54) is 0 Å². The van der Waals surface area contributed by atoms with Crippen LogP contribution in [0.4, 0.5) is 11.5 Å². The van der Waals surface area contributed by atoms with E-state index in [-0.39, 0.29) is 5.56 Å². The molecule has 2 N–H and O–H groups in total. The van der Waals surface area contributed by atoms with Crippen LogP contribution in [-0.2, 0) is 0 Å². The van der Waals surface area contributed by atoms with Crippen molar-refractivity contribution >= 4 is 17.5 Å². The largest absolute Gasteiger partial charge is 0.478 e. The van der Waals surface area contributed by atoms with E-state index in [2.05, 4.69) is 10.3 Å². The monoisotopic (exact) mass is 228 g/mol. The standard InChI is InChI=1S/C13H12N2O2/c1-9-8-10(13(16)17)5-6-11(9)15-12-4-2-3-7-14-12/h2-8H,1H3,(H,14,15)(H,16,17). The van der Waals surface area contributed by atoms with E-state index < -0.39 is 5.97 Å². The Labute approximate surface area is 98.9 Å². The summed E-state index contributed by atoms with van der Waals surface area (Å²) in [6.45, 7) is 1.86. The molecule has 0 spiro atoms. The van der Waals surface area contributed by atoms with E-state index in [9.17, 15) is 4.79 Å². The molecule has 1 aromatic heterocycles. The third-order valence-electron chi connectivity index (χ3n) is 2.40. The number of nitrogens with one attached hydrogen (secondary N) is 1. The first-order valence-electron chi connectivity index (χ1n) is 5.19. The average Bonchev–Trinajstić information content (AvgIpc) is 2.33. The normalized spacial score (nSPS) is 9.94. The number of hydrogen-bond donors (Lipinski definition) is 2. The van der Waals surface area contributed by atoms with Gasteiger partial charge in [0.05, 0.1) is 5.56 Å². The van der Waals surface area contributed by atoms with Gasteiger partial charge < -0.3 is 10.4 Å². The number of aromatic nitrogens is 1. The summed E-state index contributed by atoms with van der Waals surface area (Å²) in [5.41, 5.74) is 2.01. The zero-order valence-electron chi connectivity index (χ0n) is 9.34. The maximum absolute atomic E-state index is 10.8. The minimum Gasteiger partial charge on any atom is -0.478 e. The first-order chi connectivity index (χ1) is 8.16. The Morgan fingerprint density at radius 3 is 2.71 bits per heavy atom. The summed E-state index contributed by atoms with van der Waals surface area (Å²) in [6.07, 6.45) is 1.70. The number of pyridine rings is 1. The van der Waals surface area contributed by atoms with Crippen molar-refractivity contribution in [2.45, 2.75) is 6.92 Å². The summed E-state index contributed by atoms with van der Waals surface area (Å²) >= 11 is 0. The Bertz CT molecular complexity index is 538. The fourth-order valence-corrected chi connectivity index (χ4v) is 1.51. The SMILES string of the molecule is Cc1cc(C(=O)O)ccc1Nc1ccccn1. The van der Waals surface area contributed by atoms with Crippen molar-refractivity contribution in [3.8, 4) is 0 Å². The highest BCUT2D eigenvalue weighted by Gasteiger charge is 2.05. The second-order valence-corrected chi connectivity index (χ2v) is 3.67. The smallest absolute Gasteiger partial charge is 0.335 e. The van der Waals surface area contributed by atoms with E-state index in [1.54, 1.807) is 24.4 Å². The molecular weight excluding hydrogens is 216 g/mol. The van der Waals surface area contributed by atoms with Crippen molar-refractivity contribution in [3.63, 3.8) is 0 Å². The summed E-state index contributed by atoms with van der Waals surface area (Å²) in [4.78, 5) is 14.9. The highest BCUT2D eigenvalue weighted by molar-refractivity contribution is 5.88. The van der Waals surface area contributed by atoms with Crippen LogP contribution in [0.25, 0.3) is 0 Å². The fourth-order valence-electron chi connectivity index (χ4n) is 1.51. The van der Waals surface area contributed by atoms with E-state index in [0.29, 0.717) is 0 Å². The molecule has 2 rings (SSSR count). The molecule has 4 nitrogen and oxygen atoms in total. The first-order valence-corrected chi connectivity index (χ1v) is 5.19. The molecule has 0 unspecified atom stereocenters. The molecule has 0 saturated heterocycles. The summed E-state index contributed by atoms with van der Waals surface area (Å²) in [6, 6.07) is 10.5. The van der Waals surface area contributed by atoms with Gasteiger partial charge in [-0.3, -0.25) is 0 Å². The van der Waals surface area contributed by atoms with Gasteiger partial charge in [-0.2, -0.15) is 0 Å². The Hall–Kier alpha value is -2.36. The van der Waals surface area contributed by atoms with E-state index in [4.69, 9.17) is 5.11 Å². The third kappa shape index (κ3) is 2.60. The van der Waals surface area contributed by atoms with Gasteiger partial charge in [0.1, 0.15) is 5.82 Å². The van der Waals surface area contributed by atoms with E-state index >= 15 is 0 Å². The Morgan fingerprint density at radius 2 is 2.12 bits per heavy atom. The zero-order chi connectivity index (χ0) is 12.3. The van der Waals surface area contributed by atoms with Crippen LogP contribution in [0, 0.1) is 6.92 Å². The lowest BCUT2D eigenvalue weighted by Crippen LogP contribution is -1.99. The molecule has 4 heteroatoms. The molecule has 2 aromatic rings. The molecule has 1 aromatic carbocycles. The van der Waals surface area contributed by atoms with Gasteiger partial charge in [-0.15, -0.1) is 0 Å². The Balaban J connectivity index is 2.26. The zero-order valence-corrected chi connectivity index (χ0v) is 9.34. The van der Waals surface area contributed by atoms with Gasteiger partial charge in [0.15, 0.2) is 0 Å². The van der Waals surface area contributed by atoms with Gasteiger partial charge in [0.2, 0.25) is 0 Å². The number of rotatable bonds is 3. The van der Waals surface area contributed by atoms with Crippen LogP contribution in [-0.4, -0.2) is 16.1 Å². The van der Waals surface area contributed by atoms with Crippen LogP contribution in [0.15, 0.2) is 42.6 Å². The molecule has 1 heterocycles. The van der Waals surface area contributed by atoms with Crippen molar-refractivity contribution in [1.82, 2.24) is 4.98 Å². The molecule has 0 saturated carbocycles. The second-order valence-electron chi connectivity index (χ2n) is 3.67. The number of benzene rings is 1. The number of hydrogen-bond acceptors (Lipinski definition) is 3. The minimum atomic E-state index is -0.919. The molecule has 0 radical (unpaired) electrons. The van der Waals surface area contributed by atoms with Gasteiger partial charge in [0, 0.05) is 11.9 Å². The van der Waals surface area contributed by atoms with Crippen molar-refractivity contribution in [1.29, 1.82) is 0 Å². The lowest BCUT2D eigenvalue weighted by molar-refractivity contribution is 0.0697. The number of anilines is 2. The third-order valence-corrected chi connectivity index (χ3v) is 2.40. The van der Waals surface area contributed by atoms with Gasteiger partial charge >= 0.3 is 5.97 Å². The van der Waals surface area contributed by atoms with Crippen LogP contribution < -0.4 is 5.32 Å². The maximum Gasteiger partial charge on any atom is 0.335 e. The molecule has 0 aliphatic heterocycles. The fraction of sp³-hybridized carbons (Fsp3) is 0.0769. The number of carbonyl (C=O) groups is 1. The van der Waals surface area contributed by atoms with Gasteiger partial charge in [-0.25, -0.2) is 9.78 Å². The Morgan fingerprint density at radius 1 is 1.29 bits per heavy atom. The number of aromatic carboxylic acids is 1. The van der Waals surface area contributed by atoms with E-state index in [0.717, 1.165) is 17.1 Å². The van der Waals surface area contributed by atoms with Crippen LogP contribution in [0.3, 0.4) is 0 Å². The van der Waals surface area contributed by atoms with Crippen LogP contribution in [0.2, 0.25) is 0 Å². The molecule has 17 heavy (non-hydrogen) atoms. The molecular formula is C13H12N2O2. The molecule has 86 valence electrons. The lowest BCUT2D eigenvalue weighted by Gasteiger charge is -2.09. The van der Waals surface area contributed by atoms with Crippen molar-refractivity contribution in [2.24, 2.45) is 0 Å². The molecule has 0 fully saturated rings. The number of carboxylic acid groups (broad SMARTS) is 1. The molecule has 0 amide bonds. The second kappa shape index (κ2) is 4.65. The predicted molar refractivity (Wildman–Crippen MR) is 65.7 cm³/mol. The topological polar surface area (TPSA) is 62.2 Å². The van der Waals surface area contributed by atoms with Crippen LogP contribution in [0.5, 0.6) is 0 Å². The maximum atomic E-state index is 10.8. The van der Waals surface area contributed by atoms with Crippen molar-refractivity contribution < 1.29 is 9.90 Å². The van der Waals surface area contributed by atoms with Gasteiger partial charge in [-0.05, 0) is 42.8 Å². The number of carboxylic acids is 1. The molecule has 0 bridgehead atoms. The number of aryl methyl sites for hydroxylation is 1. The van der Waals surface area contributed by atoms with Crippen LogP contribution >= 0.6 is 0 Å². The van der Waals surface area contributed by atoms with Gasteiger partial charge in [-0.1, -0.05) is 6.07 Å². The quantitative estimate of drug-likeness (QED) is 0.847. The summed E-state index contributed by atoms with van der Waals surface area (Å²) < 4.78 is 0.